The Balaban J connectivity index is 2.18. The van der Waals surface area contributed by atoms with Gasteiger partial charge in [-0.2, -0.15) is 0 Å². The average molecular weight is 193 g/mol. The highest BCUT2D eigenvalue weighted by Gasteiger charge is 1.93. The molecule has 0 aliphatic carbocycles. The van der Waals surface area contributed by atoms with Gasteiger partial charge in [0.2, 0.25) is 0 Å². The summed E-state index contributed by atoms with van der Waals surface area (Å²) >= 11 is 0. The molecule has 0 unspecified atom stereocenters. The van der Waals surface area contributed by atoms with Gasteiger partial charge >= 0.3 is 0 Å². The molecule has 0 saturated heterocycles. The Hall–Kier alpha value is -0.860. The van der Waals surface area contributed by atoms with Crippen molar-refractivity contribution in [2.45, 2.75) is 13.3 Å². The molecular weight excluding hydrogens is 174 g/mol. The second-order valence-electron chi connectivity index (χ2n) is 3.45. The third-order valence-corrected chi connectivity index (χ3v) is 2.11. The summed E-state index contributed by atoms with van der Waals surface area (Å²) in [5.74, 6) is 0. The van der Waals surface area contributed by atoms with Gasteiger partial charge in [-0.25, -0.2) is 0 Å². The summed E-state index contributed by atoms with van der Waals surface area (Å²) < 4.78 is 5.46. The molecule has 0 bridgehead atoms. The van der Waals surface area contributed by atoms with Crippen LogP contribution in [-0.2, 0) is 11.2 Å². The van der Waals surface area contributed by atoms with Crippen LogP contribution in [0.25, 0.3) is 0 Å². The van der Waals surface area contributed by atoms with E-state index in [1.54, 1.807) is 0 Å². The summed E-state index contributed by atoms with van der Waals surface area (Å²) in [4.78, 5) is 0. The minimum atomic E-state index is 0.794. The first-order valence-corrected chi connectivity index (χ1v) is 5.11. The summed E-state index contributed by atoms with van der Waals surface area (Å²) in [6.45, 7) is 4.65. The molecule has 0 aromatic heterocycles. The van der Waals surface area contributed by atoms with Crippen LogP contribution in [0, 0.1) is 6.92 Å². The summed E-state index contributed by atoms with van der Waals surface area (Å²) in [5, 5.41) is 3.05. The van der Waals surface area contributed by atoms with Crippen LogP contribution >= 0.6 is 0 Å². The maximum absolute atomic E-state index is 5.46. The summed E-state index contributed by atoms with van der Waals surface area (Å²) in [5.41, 5.74) is 2.67. The van der Waals surface area contributed by atoms with E-state index in [4.69, 9.17) is 4.74 Å². The Morgan fingerprint density at radius 2 is 2.14 bits per heavy atom. The Morgan fingerprint density at radius 1 is 1.29 bits per heavy atom. The van der Waals surface area contributed by atoms with E-state index in [1.165, 1.54) is 11.1 Å². The molecule has 2 heteroatoms. The second-order valence-corrected chi connectivity index (χ2v) is 3.45. The van der Waals surface area contributed by atoms with Gasteiger partial charge in [0.25, 0.3) is 0 Å². The normalized spacial score (nSPS) is 10.4. The van der Waals surface area contributed by atoms with Crippen LogP contribution in [0.3, 0.4) is 0 Å². The van der Waals surface area contributed by atoms with Crippen molar-refractivity contribution in [3.8, 4) is 0 Å². The number of hydrogen-bond acceptors (Lipinski definition) is 2. The van der Waals surface area contributed by atoms with Crippen LogP contribution in [0.4, 0.5) is 0 Å². The van der Waals surface area contributed by atoms with Gasteiger partial charge in [0.1, 0.15) is 0 Å². The molecule has 0 amide bonds. The quantitative estimate of drug-likeness (QED) is 0.695. The van der Waals surface area contributed by atoms with Crippen molar-refractivity contribution in [2.24, 2.45) is 0 Å². The van der Waals surface area contributed by atoms with Crippen molar-refractivity contribution >= 4 is 0 Å². The van der Waals surface area contributed by atoms with Crippen molar-refractivity contribution in [1.29, 1.82) is 0 Å². The summed E-state index contributed by atoms with van der Waals surface area (Å²) in [6.07, 6.45) is 1.01. The molecule has 0 aliphatic heterocycles. The molecular formula is C12H19NO. The fourth-order valence-electron chi connectivity index (χ4n) is 1.33. The molecule has 0 spiro atoms. The van der Waals surface area contributed by atoms with Crippen LogP contribution in [0.15, 0.2) is 24.3 Å². The van der Waals surface area contributed by atoms with Gasteiger partial charge in [-0.3, -0.25) is 0 Å². The summed E-state index contributed by atoms with van der Waals surface area (Å²) in [7, 11) is 1.93. The smallest absolute Gasteiger partial charge is 0.0590 e. The number of benzene rings is 1. The van der Waals surface area contributed by atoms with E-state index in [1.807, 2.05) is 7.05 Å². The maximum atomic E-state index is 5.46. The largest absolute Gasteiger partial charge is 0.380 e. The monoisotopic (exact) mass is 193 g/mol. The van der Waals surface area contributed by atoms with Crippen LogP contribution in [0.2, 0.25) is 0 Å². The predicted octanol–water partition coefficient (Wildman–Crippen LogP) is 1.77. The van der Waals surface area contributed by atoms with Crippen molar-refractivity contribution in [2.75, 3.05) is 26.8 Å². The lowest BCUT2D eigenvalue weighted by atomic mass is 10.1. The second kappa shape index (κ2) is 6.57. The van der Waals surface area contributed by atoms with Crippen molar-refractivity contribution in [3.63, 3.8) is 0 Å². The molecule has 0 heterocycles. The van der Waals surface area contributed by atoms with E-state index in [2.05, 4.69) is 36.5 Å². The molecule has 0 radical (unpaired) electrons. The number of aryl methyl sites for hydroxylation is 1. The molecule has 0 fully saturated rings. The van der Waals surface area contributed by atoms with Gasteiger partial charge in [0.05, 0.1) is 13.2 Å². The van der Waals surface area contributed by atoms with Crippen LogP contribution < -0.4 is 5.32 Å². The first-order valence-electron chi connectivity index (χ1n) is 5.11. The third-order valence-electron chi connectivity index (χ3n) is 2.11. The average Bonchev–Trinajstić information content (AvgIpc) is 2.18. The minimum absolute atomic E-state index is 0.794. The van der Waals surface area contributed by atoms with E-state index < -0.39 is 0 Å². The van der Waals surface area contributed by atoms with Crippen molar-refractivity contribution in [3.05, 3.63) is 35.4 Å². The molecule has 0 aliphatic rings. The lowest BCUT2D eigenvalue weighted by Crippen LogP contribution is -2.15. The highest BCUT2D eigenvalue weighted by atomic mass is 16.5. The zero-order valence-corrected chi connectivity index (χ0v) is 9.05. The minimum Gasteiger partial charge on any atom is -0.380 e. The molecule has 0 saturated carbocycles. The Morgan fingerprint density at radius 3 is 2.86 bits per heavy atom. The fraction of sp³-hybridized carbons (Fsp3) is 0.500. The lowest BCUT2D eigenvalue weighted by molar-refractivity contribution is 0.140. The van der Waals surface area contributed by atoms with Gasteiger partial charge in [0.15, 0.2) is 0 Å². The number of ether oxygens (including phenoxy) is 1. The number of nitrogens with one attached hydrogen (secondary N) is 1. The molecule has 78 valence electrons. The van der Waals surface area contributed by atoms with E-state index >= 15 is 0 Å². The molecule has 1 N–H and O–H groups in total. The number of hydrogen-bond donors (Lipinski definition) is 1. The van der Waals surface area contributed by atoms with Crippen LogP contribution in [0.5, 0.6) is 0 Å². The molecule has 2 nitrogen and oxygen atoms in total. The van der Waals surface area contributed by atoms with Gasteiger partial charge in [-0.15, -0.1) is 0 Å². The Kier molecular flexibility index (Phi) is 5.27. The van der Waals surface area contributed by atoms with Crippen molar-refractivity contribution < 1.29 is 4.74 Å². The SMILES string of the molecule is CNCCOCCc1cccc(C)c1. The number of rotatable bonds is 6. The third kappa shape index (κ3) is 4.40. The van der Waals surface area contributed by atoms with Crippen LogP contribution in [-0.4, -0.2) is 26.8 Å². The zero-order chi connectivity index (χ0) is 10.2. The van der Waals surface area contributed by atoms with Gasteiger partial charge < -0.3 is 10.1 Å². The van der Waals surface area contributed by atoms with Gasteiger partial charge in [0, 0.05) is 6.54 Å². The van der Waals surface area contributed by atoms with Crippen LogP contribution in [0.1, 0.15) is 11.1 Å². The standard InChI is InChI=1S/C12H19NO/c1-11-4-3-5-12(10-11)6-8-14-9-7-13-2/h3-5,10,13H,6-9H2,1-2H3. The highest BCUT2D eigenvalue weighted by Crippen LogP contribution is 2.04. The van der Waals surface area contributed by atoms with E-state index in [-0.39, 0.29) is 0 Å². The fourth-order valence-corrected chi connectivity index (χ4v) is 1.33. The Labute approximate surface area is 86.3 Å². The zero-order valence-electron chi connectivity index (χ0n) is 9.05. The lowest BCUT2D eigenvalue weighted by Gasteiger charge is -2.04. The topological polar surface area (TPSA) is 21.3 Å². The molecule has 0 atom stereocenters. The van der Waals surface area contributed by atoms with E-state index in [9.17, 15) is 0 Å². The molecule has 1 aromatic carbocycles. The predicted molar refractivity (Wildman–Crippen MR) is 59.6 cm³/mol. The number of likely N-dealkylation sites (N-methyl/N-ethyl adjacent to an activating group) is 1. The van der Waals surface area contributed by atoms with Gasteiger partial charge in [-0.05, 0) is 26.0 Å². The maximum Gasteiger partial charge on any atom is 0.0590 e. The first-order chi connectivity index (χ1) is 6.83. The first kappa shape index (κ1) is 11.2. The summed E-state index contributed by atoms with van der Waals surface area (Å²) in [6, 6.07) is 8.57. The Bertz CT molecular complexity index is 260. The van der Waals surface area contributed by atoms with Gasteiger partial charge in [-0.1, -0.05) is 29.8 Å². The molecule has 14 heavy (non-hydrogen) atoms. The molecule has 1 rings (SSSR count). The van der Waals surface area contributed by atoms with E-state index in [0.717, 1.165) is 26.2 Å². The molecule has 1 aromatic rings. The highest BCUT2D eigenvalue weighted by molar-refractivity contribution is 5.22. The van der Waals surface area contributed by atoms with E-state index in [0.29, 0.717) is 0 Å². The van der Waals surface area contributed by atoms with Crippen molar-refractivity contribution in [1.82, 2.24) is 5.32 Å².